The van der Waals surface area contributed by atoms with Gasteiger partial charge in [0.25, 0.3) is 0 Å². The molecule has 0 N–H and O–H groups in total. The van der Waals surface area contributed by atoms with Crippen molar-refractivity contribution in [2.45, 2.75) is 27.2 Å². The molecule has 0 saturated heterocycles. The molecule has 0 aromatic carbocycles. The highest BCUT2D eigenvalue weighted by Crippen LogP contribution is 2.28. The van der Waals surface area contributed by atoms with Gasteiger partial charge in [-0.1, -0.05) is 16.3 Å². The van der Waals surface area contributed by atoms with Crippen LogP contribution in [-0.2, 0) is 0 Å². The molecule has 0 unspecified atom stereocenters. The first kappa shape index (κ1) is 6.81. The maximum Gasteiger partial charge on any atom is 0.0340 e. The molecule has 0 aromatic heterocycles. The van der Waals surface area contributed by atoms with Gasteiger partial charge in [0, 0.05) is 10.2 Å². The second-order valence-corrected chi connectivity index (χ2v) is 4.19. The number of hydrogen-bond donors (Lipinski definition) is 0. The van der Waals surface area contributed by atoms with Crippen molar-refractivity contribution in [3.8, 4) is 0 Å². The lowest BCUT2D eigenvalue weighted by Gasteiger charge is -1.94. The summed E-state index contributed by atoms with van der Waals surface area (Å²) in [5.41, 5.74) is 4.69. The minimum Gasteiger partial charge on any atom is -0.0847 e. The third-order valence-corrected chi connectivity index (χ3v) is 3.48. The maximum absolute atomic E-state index is 2.24. The van der Waals surface area contributed by atoms with Crippen LogP contribution in [0.1, 0.15) is 27.2 Å². The van der Waals surface area contributed by atoms with E-state index in [0.717, 1.165) is 0 Å². The van der Waals surface area contributed by atoms with E-state index >= 15 is 0 Å². The van der Waals surface area contributed by atoms with Gasteiger partial charge in [0.05, 0.1) is 0 Å². The van der Waals surface area contributed by atoms with Crippen LogP contribution in [-0.4, -0.2) is 10.2 Å². The summed E-state index contributed by atoms with van der Waals surface area (Å²) >= 11 is 0. The first-order chi connectivity index (χ1) is 4.13. The number of allylic oxidation sites excluding steroid dienone is 4. The highest BCUT2D eigenvalue weighted by atomic mass is 28.1. The van der Waals surface area contributed by atoms with Gasteiger partial charge in [0.2, 0.25) is 0 Å². The first-order valence-corrected chi connectivity index (χ1v) is 4.46. The molecule has 0 nitrogen and oxygen atoms in total. The van der Waals surface area contributed by atoms with Crippen LogP contribution < -0.4 is 0 Å². The summed E-state index contributed by atoms with van der Waals surface area (Å²) < 4.78 is 0. The topological polar surface area (TPSA) is 0 Å². The molecule has 1 rings (SSSR count). The van der Waals surface area contributed by atoms with Gasteiger partial charge in [-0.15, -0.1) is 0 Å². The van der Waals surface area contributed by atoms with Gasteiger partial charge in [0.15, 0.2) is 0 Å². The second kappa shape index (κ2) is 2.14. The fourth-order valence-corrected chi connectivity index (χ4v) is 2.21. The average molecular weight is 138 g/mol. The largest absolute Gasteiger partial charge is 0.0847 e. The van der Waals surface area contributed by atoms with E-state index < -0.39 is 0 Å². The van der Waals surface area contributed by atoms with E-state index in [2.05, 4.69) is 20.8 Å². The van der Waals surface area contributed by atoms with E-state index in [1.807, 2.05) is 0 Å². The first-order valence-electron chi connectivity index (χ1n) is 3.46. The summed E-state index contributed by atoms with van der Waals surface area (Å²) in [6.45, 7) is 6.72. The van der Waals surface area contributed by atoms with Crippen molar-refractivity contribution in [2.24, 2.45) is 0 Å². The molecule has 9 heavy (non-hydrogen) atoms. The Hall–Kier alpha value is -0.303. The lowest BCUT2D eigenvalue weighted by molar-refractivity contribution is 1.20. The Bertz CT molecular complexity index is 175. The molecule has 0 fully saturated rings. The molecule has 50 valence electrons. The molecule has 0 saturated carbocycles. The van der Waals surface area contributed by atoms with Crippen LogP contribution in [0.25, 0.3) is 0 Å². The summed E-state index contributed by atoms with van der Waals surface area (Å²) in [6.07, 6.45) is 1.27. The van der Waals surface area contributed by atoms with Crippen LogP contribution in [0, 0.1) is 0 Å². The average Bonchev–Trinajstić information content (AvgIpc) is 1.98. The molecular formula is C8H14Si. The van der Waals surface area contributed by atoms with Gasteiger partial charge in [-0.05, 0) is 32.8 Å². The molecule has 0 amide bonds. The van der Waals surface area contributed by atoms with Crippen LogP contribution in [0.2, 0.25) is 0 Å². The molecule has 0 heterocycles. The Morgan fingerprint density at radius 2 is 1.67 bits per heavy atom. The van der Waals surface area contributed by atoms with E-state index in [1.165, 1.54) is 16.7 Å². The smallest absolute Gasteiger partial charge is 0.0340 e. The van der Waals surface area contributed by atoms with Crippen LogP contribution in [0.5, 0.6) is 0 Å². The van der Waals surface area contributed by atoms with Gasteiger partial charge in [0.1, 0.15) is 0 Å². The molecule has 0 radical (unpaired) electrons. The zero-order valence-corrected chi connectivity index (χ0v) is 8.71. The summed E-state index contributed by atoms with van der Waals surface area (Å²) in [4.78, 5) is 0. The Kier molecular flexibility index (Phi) is 1.62. The maximum atomic E-state index is 2.24. The summed E-state index contributed by atoms with van der Waals surface area (Å²) in [5, 5.41) is 1.69. The minimum atomic E-state index is 1.25. The van der Waals surface area contributed by atoms with E-state index in [0.29, 0.717) is 0 Å². The standard InChI is InChI=1S/C8H14Si/c1-5-4-8(9)7(3)6(5)2/h4H2,1-3,9H3. The molecule has 0 bridgehead atoms. The third kappa shape index (κ3) is 1.01. The molecule has 0 aromatic rings. The Balaban J connectivity index is 2.97. The van der Waals surface area contributed by atoms with Gasteiger partial charge >= 0.3 is 0 Å². The Labute approximate surface area is 60.1 Å². The van der Waals surface area contributed by atoms with Gasteiger partial charge in [-0.25, -0.2) is 0 Å². The number of rotatable bonds is 0. The Morgan fingerprint density at radius 1 is 1.11 bits per heavy atom. The van der Waals surface area contributed by atoms with Crippen molar-refractivity contribution < 1.29 is 0 Å². The lowest BCUT2D eigenvalue weighted by atomic mass is 10.1. The van der Waals surface area contributed by atoms with Crippen LogP contribution in [0.4, 0.5) is 0 Å². The summed E-state index contributed by atoms with van der Waals surface area (Å²) in [7, 11) is 1.25. The van der Waals surface area contributed by atoms with Crippen LogP contribution >= 0.6 is 0 Å². The van der Waals surface area contributed by atoms with Crippen molar-refractivity contribution in [1.29, 1.82) is 0 Å². The normalized spacial score (nSPS) is 20.3. The molecule has 0 aliphatic heterocycles. The van der Waals surface area contributed by atoms with Crippen molar-refractivity contribution in [1.82, 2.24) is 0 Å². The summed E-state index contributed by atoms with van der Waals surface area (Å²) in [6, 6.07) is 0. The van der Waals surface area contributed by atoms with Gasteiger partial charge in [-0.3, -0.25) is 0 Å². The van der Waals surface area contributed by atoms with Gasteiger partial charge < -0.3 is 0 Å². The monoisotopic (exact) mass is 138 g/mol. The zero-order valence-electron chi connectivity index (χ0n) is 6.71. The molecule has 1 aliphatic carbocycles. The Morgan fingerprint density at radius 3 is 1.78 bits per heavy atom. The minimum absolute atomic E-state index is 1.25. The van der Waals surface area contributed by atoms with Crippen molar-refractivity contribution in [3.05, 3.63) is 21.9 Å². The number of hydrogen-bond acceptors (Lipinski definition) is 0. The molecular weight excluding hydrogens is 124 g/mol. The zero-order chi connectivity index (χ0) is 7.02. The van der Waals surface area contributed by atoms with E-state index in [4.69, 9.17) is 0 Å². The van der Waals surface area contributed by atoms with Crippen molar-refractivity contribution in [2.75, 3.05) is 0 Å². The molecule has 0 spiro atoms. The highest BCUT2D eigenvalue weighted by molar-refractivity contribution is 6.23. The SMILES string of the molecule is CC1=C(C)C(C)=C([SiH3])C1. The van der Waals surface area contributed by atoms with E-state index in [1.54, 1.807) is 21.9 Å². The quantitative estimate of drug-likeness (QED) is 0.443. The van der Waals surface area contributed by atoms with Crippen molar-refractivity contribution >= 4 is 10.2 Å². The highest BCUT2D eigenvalue weighted by Gasteiger charge is 2.10. The van der Waals surface area contributed by atoms with Crippen LogP contribution in [0.3, 0.4) is 0 Å². The summed E-state index contributed by atoms with van der Waals surface area (Å²) in [5.74, 6) is 0. The van der Waals surface area contributed by atoms with Crippen molar-refractivity contribution in [3.63, 3.8) is 0 Å². The van der Waals surface area contributed by atoms with E-state index in [-0.39, 0.29) is 0 Å². The molecule has 1 aliphatic rings. The second-order valence-electron chi connectivity index (χ2n) is 2.99. The van der Waals surface area contributed by atoms with Gasteiger partial charge in [-0.2, -0.15) is 0 Å². The molecule has 1 heteroatoms. The molecule has 0 atom stereocenters. The van der Waals surface area contributed by atoms with E-state index in [9.17, 15) is 0 Å². The van der Waals surface area contributed by atoms with Crippen LogP contribution in [0.15, 0.2) is 21.9 Å². The predicted octanol–water partition coefficient (Wildman–Crippen LogP) is 1.37. The third-order valence-electron chi connectivity index (χ3n) is 2.37. The lowest BCUT2D eigenvalue weighted by Crippen LogP contribution is -1.78. The fraction of sp³-hybridized carbons (Fsp3) is 0.500. The predicted molar refractivity (Wildman–Crippen MR) is 45.6 cm³/mol. The fourth-order valence-electron chi connectivity index (χ4n) is 1.30.